The first-order valence-corrected chi connectivity index (χ1v) is 6.97. The minimum atomic E-state index is -0.721. The highest BCUT2D eigenvalue weighted by Gasteiger charge is 2.24. The normalized spacial score (nSPS) is 17.3. The van der Waals surface area contributed by atoms with E-state index in [-0.39, 0.29) is 11.8 Å². The Labute approximate surface area is 123 Å². The summed E-state index contributed by atoms with van der Waals surface area (Å²) in [5, 5.41) is 11.6. The Morgan fingerprint density at radius 1 is 1.43 bits per heavy atom. The Kier molecular flexibility index (Phi) is 4.74. The van der Waals surface area contributed by atoms with Crippen molar-refractivity contribution in [2.75, 3.05) is 23.3 Å². The number of piperidine rings is 1. The predicted octanol–water partition coefficient (Wildman–Crippen LogP) is 0.668. The van der Waals surface area contributed by atoms with Gasteiger partial charge in [0.2, 0.25) is 5.91 Å². The number of carbonyl (C=O) groups excluding carboxylic acids is 1. The Morgan fingerprint density at radius 3 is 2.57 bits per heavy atom. The molecule has 114 valence electrons. The second kappa shape index (κ2) is 6.53. The number of nitrogens with one attached hydrogen (secondary N) is 1. The predicted molar refractivity (Wildman–Crippen MR) is 79.1 cm³/mol. The van der Waals surface area contributed by atoms with Gasteiger partial charge in [-0.25, -0.2) is 4.98 Å². The summed E-state index contributed by atoms with van der Waals surface area (Å²) in [6, 6.07) is 3.01. The molecule has 1 saturated heterocycles. The first-order chi connectivity index (χ1) is 9.97. The maximum atomic E-state index is 11.5. The Hall–Kier alpha value is -2.15. The van der Waals surface area contributed by atoms with Crippen LogP contribution in [0.25, 0.3) is 0 Å². The standard InChI is InChI=1S/C14H20N4O3/c1-9(15)13(19)17-12-3-2-11(8-16-12)18-6-4-10(5-7-18)14(20)21/h2-3,8-10H,4-7,15H2,1H3,(H,20,21)(H,16,17,19). The lowest BCUT2D eigenvalue weighted by Gasteiger charge is -2.31. The van der Waals surface area contributed by atoms with Gasteiger partial charge in [-0.15, -0.1) is 0 Å². The van der Waals surface area contributed by atoms with Crippen molar-refractivity contribution < 1.29 is 14.7 Å². The van der Waals surface area contributed by atoms with Crippen molar-refractivity contribution >= 4 is 23.4 Å². The molecule has 2 rings (SSSR count). The van der Waals surface area contributed by atoms with E-state index in [1.807, 2.05) is 6.07 Å². The number of carboxylic acid groups (broad SMARTS) is 1. The van der Waals surface area contributed by atoms with E-state index in [0.29, 0.717) is 31.7 Å². The molecule has 1 aromatic rings. The molecule has 1 unspecified atom stereocenters. The number of carbonyl (C=O) groups is 2. The quantitative estimate of drug-likeness (QED) is 0.752. The van der Waals surface area contributed by atoms with Gasteiger partial charge in [0.05, 0.1) is 23.8 Å². The van der Waals surface area contributed by atoms with Crippen LogP contribution in [0.4, 0.5) is 11.5 Å². The molecule has 1 atom stereocenters. The van der Waals surface area contributed by atoms with Gasteiger partial charge < -0.3 is 21.1 Å². The molecule has 7 nitrogen and oxygen atoms in total. The van der Waals surface area contributed by atoms with Crippen molar-refractivity contribution in [3.05, 3.63) is 18.3 Å². The second-order valence-corrected chi connectivity index (χ2v) is 5.28. The number of anilines is 2. The lowest BCUT2D eigenvalue weighted by molar-refractivity contribution is -0.142. The van der Waals surface area contributed by atoms with E-state index in [0.717, 1.165) is 5.69 Å². The van der Waals surface area contributed by atoms with Crippen molar-refractivity contribution in [2.45, 2.75) is 25.8 Å². The summed E-state index contributed by atoms with van der Waals surface area (Å²) in [4.78, 5) is 28.7. The smallest absolute Gasteiger partial charge is 0.306 e. The van der Waals surface area contributed by atoms with Crippen LogP contribution in [0.2, 0.25) is 0 Å². The van der Waals surface area contributed by atoms with E-state index in [4.69, 9.17) is 10.8 Å². The minimum absolute atomic E-state index is 0.251. The van der Waals surface area contributed by atoms with Crippen LogP contribution >= 0.6 is 0 Å². The molecule has 0 bridgehead atoms. The molecule has 2 heterocycles. The van der Waals surface area contributed by atoms with Crippen molar-refractivity contribution in [1.82, 2.24) is 4.98 Å². The van der Waals surface area contributed by atoms with Crippen LogP contribution in [0.1, 0.15) is 19.8 Å². The molecule has 21 heavy (non-hydrogen) atoms. The Bertz CT molecular complexity index is 507. The van der Waals surface area contributed by atoms with E-state index in [2.05, 4.69) is 15.2 Å². The van der Waals surface area contributed by atoms with Crippen LogP contribution < -0.4 is 16.0 Å². The van der Waals surface area contributed by atoms with E-state index in [9.17, 15) is 9.59 Å². The highest BCUT2D eigenvalue weighted by atomic mass is 16.4. The fourth-order valence-electron chi connectivity index (χ4n) is 2.27. The van der Waals surface area contributed by atoms with Gasteiger partial charge in [-0.05, 0) is 31.9 Å². The number of nitrogens with two attached hydrogens (primary N) is 1. The maximum Gasteiger partial charge on any atom is 0.306 e. The highest BCUT2D eigenvalue weighted by molar-refractivity contribution is 5.93. The van der Waals surface area contributed by atoms with E-state index >= 15 is 0 Å². The first-order valence-electron chi connectivity index (χ1n) is 6.97. The van der Waals surface area contributed by atoms with Gasteiger partial charge in [-0.1, -0.05) is 0 Å². The topological polar surface area (TPSA) is 109 Å². The summed E-state index contributed by atoms with van der Waals surface area (Å²) in [6.07, 6.45) is 2.95. The van der Waals surface area contributed by atoms with Crippen LogP contribution in [-0.4, -0.2) is 41.1 Å². The third-order valence-corrected chi connectivity index (χ3v) is 3.62. The van der Waals surface area contributed by atoms with Crippen LogP contribution in [0.15, 0.2) is 18.3 Å². The molecule has 1 aliphatic rings. The van der Waals surface area contributed by atoms with Crippen molar-refractivity contribution in [3.8, 4) is 0 Å². The van der Waals surface area contributed by atoms with Crippen LogP contribution in [0.3, 0.4) is 0 Å². The fourth-order valence-corrected chi connectivity index (χ4v) is 2.27. The number of nitrogens with zero attached hydrogens (tertiary/aromatic N) is 2. The largest absolute Gasteiger partial charge is 0.481 e. The highest BCUT2D eigenvalue weighted by Crippen LogP contribution is 2.23. The molecule has 0 aromatic carbocycles. The molecule has 1 fully saturated rings. The van der Waals surface area contributed by atoms with Gasteiger partial charge in [0, 0.05) is 13.1 Å². The van der Waals surface area contributed by atoms with Gasteiger partial charge >= 0.3 is 5.97 Å². The second-order valence-electron chi connectivity index (χ2n) is 5.28. The van der Waals surface area contributed by atoms with E-state index < -0.39 is 12.0 Å². The molecule has 1 aliphatic heterocycles. The maximum absolute atomic E-state index is 11.5. The summed E-state index contributed by atoms with van der Waals surface area (Å²) in [6.45, 7) is 3.00. The molecular weight excluding hydrogens is 272 g/mol. The molecular formula is C14H20N4O3. The number of hydrogen-bond donors (Lipinski definition) is 3. The first kappa shape index (κ1) is 15.2. The molecule has 1 aromatic heterocycles. The number of pyridine rings is 1. The number of rotatable bonds is 4. The minimum Gasteiger partial charge on any atom is -0.481 e. The third-order valence-electron chi connectivity index (χ3n) is 3.62. The molecule has 0 spiro atoms. The molecule has 4 N–H and O–H groups in total. The van der Waals surface area contributed by atoms with Crippen LogP contribution in [-0.2, 0) is 9.59 Å². The average molecular weight is 292 g/mol. The molecule has 0 radical (unpaired) electrons. The fraction of sp³-hybridized carbons (Fsp3) is 0.500. The number of amides is 1. The van der Waals surface area contributed by atoms with Crippen molar-refractivity contribution in [3.63, 3.8) is 0 Å². The molecule has 0 saturated carbocycles. The summed E-state index contributed by atoms with van der Waals surface area (Å²) < 4.78 is 0. The van der Waals surface area contributed by atoms with Crippen molar-refractivity contribution in [2.24, 2.45) is 11.7 Å². The zero-order chi connectivity index (χ0) is 15.4. The lowest BCUT2D eigenvalue weighted by Crippen LogP contribution is -2.36. The monoisotopic (exact) mass is 292 g/mol. The average Bonchev–Trinajstić information content (AvgIpc) is 2.48. The Balaban J connectivity index is 1.94. The van der Waals surface area contributed by atoms with Crippen LogP contribution in [0, 0.1) is 5.92 Å². The molecule has 7 heteroatoms. The van der Waals surface area contributed by atoms with E-state index in [1.54, 1.807) is 19.2 Å². The number of hydrogen-bond acceptors (Lipinski definition) is 5. The van der Waals surface area contributed by atoms with Crippen LogP contribution in [0.5, 0.6) is 0 Å². The van der Waals surface area contributed by atoms with Gasteiger partial charge in [0.15, 0.2) is 0 Å². The lowest BCUT2D eigenvalue weighted by atomic mass is 9.97. The SMILES string of the molecule is CC(N)C(=O)Nc1ccc(N2CCC(C(=O)O)CC2)cn1. The zero-order valence-corrected chi connectivity index (χ0v) is 12.0. The molecule has 0 aliphatic carbocycles. The van der Waals surface area contributed by atoms with Gasteiger partial charge in [-0.2, -0.15) is 0 Å². The van der Waals surface area contributed by atoms with Crippen molar-refractivity contribution in [1.29, 1.82) is 0 Å². The van der Waals surface area contributed by atoms with E-state index in [1.165, 1.54) is 0 Å². The molecule has 1 amide bonds. The summed E-state index contributed by atoms with van der Waals surface area (Å²) >= 11 is 0. The summed E-state index contributed by atoms with van der Waals surface area (Å²) in [5.74, 6) is -0.792. The zero-order valence-electron chi connectivity index (χ0n) is 12.0. The Morgan fingerprint density at radius 2 is 2.10 bits per heavy atom. The number of aliphatic carboxylic acids is 1. The number of carboxylic acids is 1. The van der Waals surface area contributed by atoms with Gasteiger partial charge in [-0.3, -0.25) is 9.59 Å². The third kappa shape index (κ3) is 3.91. The van der Waals surface area contributed by atoms with Gasteiger partial charge in [0.1, 0.15) is 5.82 Å². The summed E-state index contributed by atoms with van der Waals surface area (Å²) in [5.41, 5.74) is 6.40. The summed E-state index contributed by atoms with van der Waals surface area (Å²) in [7, 11) is 0. The number of aromatic nitrogens is 1. The van der Waals surface area contributed by atoms with Gasteiger partial charge in [0.25, 0.3) is 0 Å².